The lowest BCUT2D eigenvalue weighted by Crippen LogP contribution is -2.34. The molecule has 1 N–H and O–H groups in total. The molecule has 2 rings (SSSR count). The van der Waals surface area contributed by atoms with Crippen molar-refractivity contribution in [2.75, 3.05) is 6.54 Å². The molecule has 0 spiro atoms. The second-order valence-corrected chi connectivity index (χ2v) is 5.13. The third-order valence-electron chi connectivity index (χ3n) is 3.08. The van der Waals surface area contributed by atoms with Gasteiger partial charge >= 0.3 is 0 Å². The molecule has 2 heterocycles. The van der Waals surface area contributed by atoms with Crippen LogP contribution in [0.25, 0.3) is 11.0 Å². The molecule has 0 unspecified atom stereocenters. The first-order chi connectivity index (χ1) is 9.54. The number of hydrogen-bond acceptors (Lipinski definition) is 3. The van der Waals surface area contributed by atoms with Crippen molar-refractivity contribution in [3.05, 3.63) is 40.3 Å². The highest BCUT2D eigenvalue weighted by atomic mass is 16.2. The largest absolute Gasteiger partial charge is 0.352 e. The molecule has 5 heteroatoms. The minimum absolute atomic E-state index is 0.174. The smallest absolute Gasteiger partial charge is 0.265 e. The number of amides is 1. The number of aromatic nitrogens is 2. The van der Waals surface area contributed by atoms with Crippen LogP contribution in [0.1, 0.15) is 31.1 Å². The Kier molecular flexibility index (Phi) is 4.17. The van der Waals surface area contributed by atoms with Crippen LogP contribution in [0.4, 0.5) is 0 Å². The number of carbonyl (C=O) groups is 1. The van der Waals surface area contributed by atoms with Gasteiger partial charge in [0.1, 0.15) is 11.2 Å². The van der Waals surface area contributed by atoms with Crippen LogP contribution in [0.2, 0.25) is 0 Å². The van der Waals surface area contributed by atoms with E-state index in [1.54, 1.807) is 18.3 Å². The zero-order valence-corrected chi connectivity index (χ0v) is 12.0. The number of rotatable bonds is 4. The number of fused-ring (bicyclic) bond motifs is 1. The summed E-state index contributed by atoms with van der Waals surface area (Å²) >= 11 is 0. The minimum Gasteiger partial charge on any atom is -0.352 e. The quantitative estimate of drug-likeness (QED) is 0.924. The normalized spacial score (nSPS) is 11.0. The van der Waals surface area contributed by atoms with Gasteiger partial charge in [0, 0.05) is 24.7 Å². The van der Waals surface area contributed by atoms with Crippen molar-refractivity contribution in [1.29, 1.82) is 0 Å². The Labute approximate surface area is 117 Å². The van der Waals surface area contributed by atoms with E-state index >= 15 is 0 Å². The summed E-state index contributed by atoms with van der Waals surface area (Å²) in [5.74, 6) is 0.0196. The monoisotopic (exact) mass is 273 g/mol. The number of aryl methyl sites for hydroxylation is 1. The predicted molar refractivity (Wildman–Crippen MR) is 78.8 cm³/mol. The standard InChI is InChI=1S/C15H19N3O2/c1-4-18-13-11(6-5-7-16-13)8-12(15(18)20)14(19)17-9-10(2)3/h5-8,10H,4,9H2,1-3H3,(H,17,19). The fraction of sp³-hybridized carbons (Fsp3) is 0.400. The Morgan fingerprint density at radius 3 is 2.85 bits per heavy atom. The maximum Gasteiger partial charge on any atom is 0.265 e. The van der Waals surface area contributed by atoms with Gasteiger partial charge in [-0.25, -0.2) is 4.98 Å². The Morgan fingerprint density at radius 1 is 1.45 bits per heavy atom. The summed E-state index contributed by atoms with van der Waals surface area (Å²) in [7, 11) is 0. The zero-order chi connectivity index (χ0) is 14.7. The van der Waals surface area contributed by atoms with E-state index in [0.717, 1.165) is 5.39 Å². The van der Waals surface area contributed by atoms with E-state index in [1.165, 1.54) is 4.57 Å². The number of nitrogens with one attached hydrogen (secondary N) is 1. The maximum absolute atomic E-state index is 12.4. The van der Waals surface area contributed by atoms with E-state index in [9.17, 15) is 9.59 Å². The van der Waals surface area contributed by atoms with Crippen molar-refractivity contribution in [1.82, 2.24) is 14.9 Å². The highest BCUT2D eigenvalue weighted by molar-refractivity contribution is 5.96. The number of carbonyl (C=O) groups excluding carboxylic acids is 1. The summed E-state index contributed by atoms with van der Waals surface area (Å²) in [5, 5.41) is 3.58. The van der Waals surface area contributed by atoms with Crippen LogP contribution >= 0.6 is 0 Å². The average Bonchev–Trinajstić information content (AvgIpc) is 2.44. The zero-order valence-electron chi connectivity index (χ0n) is 12.0. The molecule has 0 saturated heterocycles. The van der Waals surface area contributed by atoms with Gasteiger partial charge in [0.15, 0.2) is 0 Å². The summed E-state index contributed by atoms with van der Waals surface area (Å²) in [6, 6.07) is 5.27. The van der Waals surface area contributed by atoms with Gasteiger partial charge in [-0.15, -0.1) is 0 Å². The van der Waals surface area contributed by atoms with Crippen molar-refractivity contribution in [2.45, 2.75) is 27.3 Å². The van der Waals surface area contributed by atoms with Gasteiger partial charge in [-0.1, -0.05) is 13.8 Å². The molecule has 2 aromatic heterocycles. The van der Waals surface area contributed by atoms with Crippen LogP contribution in [0.3, 0.4) is 0 Å². The highest BCUT2D eigenvalue weighted by Gasteiger charge is 2.15. The third kappa shape index (κ3) is 2.71. The van der Waals surface area contributed by atoms with E-state index < -0.39 is 0 Å². The molecule has 0 atom stereocenters. The number of pyridine rings is 2. The van der Waals surface area contributed by atoms with Gasteiger partial charge in [0.25, 0.3) is 11.5 Å². The van der Waals surface area contributed by atoms with Crippen LogP contribution in [0, 0.1) is 5.92 Å². The van der Waals surface area contributed by atoms with E-state index in [0.29, 0.717) is 24.7 Å². The molecule has 0 aliphatic heterocycles. The van der Waals surface area contributed by atoms with Crippen LogP contribution in [-0.4, -0.2) is 22.0 Å². The summed E-state index contributed by atoms with van der Waals surface area (Å²) in [6.07, 6.45) is 1.65. The molecule has 0 radical (unpaired) electrons. The summed E-state index contributed by atoms with van der Waals surface area (Å²) in [4.78, 5) is 28.7. The predicted octanol–water partition coefficient (Wildman–Crippen LogP) is 1.80. The fourth-order valence-electron chi connectivity index (χ4n) is 2.05. The van der Waals surface area contributed by atoms with Crippen molar-refractivity contribution >= 4 is 16.9 Å². The second kappa shape index (κ2) is 5.86. The summed E-state index contributed by atoms with van der Waals surface area (Å²) in [6.45, 7) is 6.92. The van der Waals surface area contributed by atoms with Gasteiger partial charge in [-0.2, -0.15) is 0 Å². The molecule has 0 fully saturated rings. The molecular weight excluding hydrogens is 254 g/mol. The van der Waals surface area contributed by atoms with Crippen LogP contribution in [-0.2, 0) is 6.54 Å². The highest BCUT2D eigenvalue weighted by Crippen LogP contribution is 2.10. The first-order valence-corrected chi connectivity index (χ1v) is 6.81. The van der Waals surface area contributed by atoms with Gasteiger partial charge in [0.05, 0.1) is 0 Å². The lowest BCUT2D eigenvalue weighted by Gasteiger charge is -2.11. The van der Waals surface area contributed by atoms with E-state index in [-0.39, 0.29) is 17.0 Å². The van der Waals surface area contributed by atoms with Crippen molar-refractivity contribution < 1.29 is 4.79 Å². The Hall–Kier alpha value is -2.17. The minimum atomic E-state index is -0.323. The number of hydrogen-bond donors (Lipinski definition) is 1. The molecule has 20 heavy (non-hydrogen) atoms. The SMILES string of the molecule is CCn1c(=O)c(C(=O)NCC(C)C)cc2cccnc21. The van der Waals surface area contributed by atoms with Crippen LogP contribution in [0.15, 0.2) is 29.2 Å². The van der Waals surface area contributed by atoms with E-state index in [1.807, 2.05) is 26.8 Å². The molecule has 5 nitrogen and oxygen atoms in total. The lowest BCUT2D eigenvalue weighted by atomic mass is 10.1. The van der Waals surface area contributed by atoms with E-state index in [2.05, 4.69) is 10.3 Å². The van der Waals surface area contributed by atoms with Gasteiger partial charge < -0.3 is 5.32 Å². The molecule has 0 bridgehead atoms. The molecule has 0 saturated carbocycles. The first-order valence-electron chi connectivity index (χ1n) is 6.81. The van der Waals surface area contributed by atoms with Crippen molar-refractivity contribution in [3.63, 3.8) is 0 Å². The first kappa shape index (κ1) is 14.2. The van der Waals surface area contributed by atoms with Gasteiger partial charge in [-0.05, 0) is 31.0 Å². The topological polar surface area (TPSA) is 64.0 Å². The molecule has 0 aromatic carbocycles. The summed E-state index contributed by atoms with van der Waals surface area (Å²) in [5.41, 5.74) is 0.494. The molecule has 1 amide bonds. The lowest BCUT2D eigenvalue weighted by molar-refractivity contribution is 0.0947. The van der Waals surface area contributed by atoms with Crippen molar-refractivity contribution in [2.24, 2.45) is 5.92 Å². The Bertz CT molecular complexity index is 689. The van der Waals surface area contributed by atoms with Crippen LogP contribution < -0.4 is 10.9 Å². The molecule has 0 aliphatic rings. The number of nitrogens with zero attached hydrogens (tertiary/aromatic N) is 2. The third-order valence-corrected chi connectivity index (χ3v) is 3.08. The fourth-order valence-corrected chi connectivity index (χ4v) is 2.05. The Balaban J connectivity index is 2.51. The second-order valence-electron chi connectivity index (χ2n) is 5.13. The molecular formula is C15H19N3O2. The molecule has 106 valence electrons. The van der Waals surface area contributed by atoms with E-state index in [4.69, 9.17) is 0 Å². The maximum atomic E-state index is 12.4. The molecule has 0 aliphatic carbocycles. The van der Waals surface area contributed by atoms with Gasteiger partial charge in [-0.3, -0.25) is 14.2 Å². The summed E-state index contributed by atoms with van der Waals surface area (Å²) < 4.78 is 1.53. The van der Waals surface area contributed by atoms with Gasteiger partial charge in [0.2, 0.25) is 0 Å². The van der Waals surface area contributed by atoms with Crippen LogP contribution in [0.5, 0.6) is 0 Å². The van der Waals surface area contributed by atoms with Crippen molar-refractivity contribution in [3.8, 4) is 0 Å². The molecule has 2 aromatic rings. The average molecular weight is 273 g/mol. The Morgan fingerprint density at radius 2 is 2.20 bits per heavy atom.